The molecule has 2 rings (SSSR count). The van der Waals surface area contributed by atoms with E-state index in [4.69, 9.17) is 0 Å². The van der Waals surface area contributed by atoms with Crippen LogP contribution in [0.5, 0.6) is 0 Å². The van der Waals surface area contributed by atoms with Crippen LogP contribution in [0, 0.1) is 0 Å². The summed E-state index contributed by atoms with van der Waals surface area (Å²) in [6.07, 6.45) is 0.447. The van der Waals surface area contributed by atoms with E-state index in [9.17, 15) is 9.59 Å². The highest BCUT2D eigenvalue weighted by atomic mass is 32.1. The van der Waals surface area contributed by atoms with Gasteiger partial charge in [0, 0.05) is 10.6 Å². The van der Waals surface area contributed by atoms with Crippen molar-refractivity contribution in [2.75, 3.05) is 0 Å². The molecule has 1 unspecified atom stereocenters. The normalized spacial score (nSPS) is 12.5. The Labute approximate surface area is 145 Å². The van der Waals surface area contributed by atoms with Gasteiger partial charge in [0.05, 0.1) is 18.9 Å². The third-order valence-electron chi connectivity index (χ3n) is 3.38. The Bertz CT molecular complexity index is 696. The molecule has 0 fully saturated rings. The molecule has 0 spiro atoms. The maximum Gasteiger partial charge on any atom is 0.245 e. The maximum absolute atomic E-state index is 12.0. The molecule has 0 saturated heterocycles. The van der Waals surface area contributed by atoms with Gasteiger partial charge in [-0.1, -0.05) is 36.4 Å². The van der Waals surface area contributed by atoms with Gasteiger partial charge in [0.15, 0.2) is 0 Å². The van der Waals surface area contributed by atoms with Gasteiger partial charge in [0.25, 0.3) is 0 Å². The van der Waals surface area contributed by atoms with Crippen LogP contribution in [-0.2, 0) is 16.0 Å². The van der Waals surface area contributed by atoms with Crippen LogP contribution in [0.4, 0.5) is 0 Å². The summed E-state index contributed by atoms with van der Waals surface area (Å²) in [5, 5.41) is 8.83. The molecule has 1 aromatic heterocycles. The number of nitrogens with zero attached hydrogens (tertiary/aromatic N) is 1. The molecule has 126 valence electrons. The van der Waals surface area contributed by atoms with Gasteiger partial charge in [-0.3, -0.25) is 9.59 Å². The SMILES string of the molecule is CC(CC(=O)NC(C)c1ccccc1)=NNC(=O)Cc1cccs1. The zero-order chi connectivity index (χ0) is 17.4. The maximum atomic E-state index is 12.0. The molecule has 0 bridgehead atoms. The quantitative estimate of drug-likeness (QED) is 0.599. The molecule has 1 atom stereocenters. The third-order valence-corrected chi connectivity index (χ3v) is 4.26. The van der Waals surface area contributed by atoms with Crippen LogP contribution in [0.25, 0.3) is 0 Å². The second kappa shape index (κ2) is 8.98. The lowest BCUT2D eigenvalue weighted by molar-refractivity contribution is -0.121. The third kappa shape index (κ3) is 5.96. The molecule has 5 nitrogen and oxygen atoms in total. The Hall–Kier alpha value is -2.47. The van der Waals surface area contributed by atoms with E-state index in [1.807, 2.05) is 54.8 Å². The Morgan fingerprint density at radius 3 is 2.54 bits per heavy atom. The van der Waals surface area contributed by atoms with Crippen LogP contribution in [0.2, 0.25) is 0 Å². The molecule has 24 heavy (non-hydrogen) atoms. The minimum atomic E-state index is -0.185. The molecule has 1 heterocycles. The number of carbonyl (C=O) groups excluding carboxylic acids is 2. The number of rotatable bonds is 7. The van der Waals surface area contributed by atoms with Gasteiger partial charge < -0.3 is 5.32 Å². The van der Waals surface area contributed by atoms with Crippen molar-refractivity contribution in [1.82, 2.24) is 10.7 Å². The van der Waals surface area contributed by atoms with Crippen LogP contribution < -0.4 is 10.7 Å². The molecule has 0 radical (unpaired) electrons. The summed E-state index contributed by atoms with van der Waals surface area (Å²) in [5.74, 6) is -0.310. The van der Waals surface area contributed by atoms with Gasteiger partial charge >= 0.3 is 0 Å². The number of hydrazone groups is 1. The van der Waals surface area contributed by atoms with Gasteiger partial charge in [0.1, 0.15) is 0 Å². The number of hydrogen-bond acceptors (Lipinski definition) is 4. The van der Waals surface area contributed by atoms with Crippen molar-refractivity contribution >= 4 is 28.9 Å². The Morgan fingerprint density at radius 1 is 1.12 bits per heavy atom. The van der Waals surface area contributed by atoms with Crippen LogP contribution in [0.15, 0.2) is 52.9 Å². The molecule has 2 aromatic rings. The second-order valence-corrected chi connectivity index (χ2v) is 6.55. The summed E-state index contributed by atoms with van der Waals surface area (Å²) in [4.78, 5) is 24.8. The molecule has 0 aliphatic heterocycles. The van der Waals surface area contributed by atoms with E-state index < -0.39 is 0 Å². The molecule has 2 N–H and O–H groups in total. The molecular formula is C18H21N3O2S. The Morgan fingerprint density at radius 2 is 1.88 bits per heavy atom. The number of hydrogen-bond donors (Lipinski definition) is 2. The first-order chi connectivity index (χ1) is 11.5. The smallest absolute Gasteiger partial charge is 0.245 e. The summed E-state index contributed by atoms with van der Waals surface area (Å²) in [6.45, 7) is 3.65. The van der Waals surface area contributed by atoms with Crippen LogP contribution in [-0.4, -0.2) is 17.5 Å². The molecule has 0 saturated carbocycles. The summed E-state index contributed by atoms with van der Waals surface area (Å²) in [6, 6.07) is 13.5. The molecular weight excluding hydrogens is 322 g/mol. The standard InChI is InChI=1S/C18H21N3O2S/c1-13(20-21-18(23)12-16-9-6-10-24-16)11-17(22)19-14(2)15-7-4-3-5-8-15/h3-10,14H,11-12H2,1-2H3,(H,19,22)(H,21,23). The number of benzene rings is 1. The fraction of sp³-hybridized carbons (Fsp3) is 0.278. The van der Waals surface area contributed by atoms with Crippen molar-refractivity contribution in [2.45, 2.75) is 32.7 Å². The van der Waals surface area contributed by atoms with Crippen LogP contribution >= 0.6 is 11.3 Å². The van der Waals surface area contributed by atoms with Gasteiger partial charge in [-0.15, -0.1) is 11.3 Å². The topological polar surface area (TPSA) is 70.6 Å². The molecule has 0 aliphatic carbocycles. The zero-order valence-corrected chi connectivity index (χ0v) is 14.6. The first kappa shape index (κ1) is 17.9. The average Bonchev–Trinajstić information content (AvgIpc) is 3.06. The van der Waals surface area contributed by atoms with E-state index in [-0.39, 0.29) is 24.3 Å². The summed E-state index contributed by atoms with van der Waals surface area (Å²) >= 11 is 1.53. The zero-order valence-electron chi connectivity index (χ0n) is 13.8. The van der Waals surface area contributed by atoms with E-state index in [1.165, 1.54) is 11.3 Å². The largest absolute Gasteiger partial charge is 0.349 e. The lowest BCUT2D eigenvalue weighted by atomic mass is 10.1. The monoisotopic (exact) mass is 343 g/mol. The minimum Gasteiger partial charge on any atom is -0.349 e. The van der Waals surface area contributed by atoms with E-state index in [1.54, 1.807) is 6.92 Å². The molecule has 0 aliphatic rings. The Balaban J connectivity index is 1.77. The second-order valence-electron chi connectivity index (χ2n) is 5.51. The van der Waals surface area contributed by atoms with Crippen molar-refractivity contribution in [1.29, 1.82) is 0 Å². The first-order valence-electron chi connectivity index (χ1n) is 7.73. The lowest BCUT2D eigenvalue weighted by Crippen LogP contribution is -2.29. The van der Waals surface area contributed by atoms with Crippen molar-refractivity contribution in [3.63, 3.8) is 0 Å². The highest BCUT2D eigenvalue weighted by Gasteiger charge is 2.10. The number of nitrogens with one attached hydrogen (secondary N) is 2. The minimum absolute atomic E-state index is 0.0695. The van der Waals surface area contributed by atoms with E-state index in [0.29, 0.717) is 12.1 Å². The van der Waals surface area contributed by atoms with Crippen molar-refractivity contribution in [3.8, 4) is 0 Å². The predicted molar refractivity (Wildman–Crippen MR) is 96.9 cm³/mol. The van der Waals surface area contributed by atoms with Gasteiger partial charge in [-0.25, -0.2) is 5.43 Å². The number of thiophene rings is 1. The predicted octanol–water partition coefficient (Wildman–Crippen LogP) is 3.05. The molecule has 1 aromatic carbocycles. The highest BCUT2D eigenvalue weighted by molar-refractivity contribution is 7.10. The average molecular weight is 343 g/mol. The highest BCUT2D eigenvalue weighted by Crippen LogP contribution is 2.11. The lowest BCUT2D eigenvalue weighted by Gasteiger charge is -2.14. The summed E-state index contributed by atoms with van der Waals surface area (Å²) < 4.78 is 0. The van der Waals surface area contributed by atoms with E-state index >= 15 is 0 Å². The number of carbonyl (C=O) groups is 2. The first-order valence-corrected chi connectivity index (χ1v) is 8.61. The fourth-order valence-electron chi connectivity index (χ4n) is 2.16. The molecule has 2 amide bonds. The fourth-order valence-corrected chi connectivity index (χ4v) is 2.86. The van der Waals surface area contributed by atoms with E-state index in [0.717, 1.165) is 10.4 Å². The van der Waals surface area contributed by atoms with Crippen LogP contribution in [0.3, 0.4) is 0 Å². The number of amides is 2. The van der Waals surface area contributed by atoms with Crippen LogP contribution in [0.1, 0.15) is 36.8 Å². The van der Waals surface area contributed by atoms with Crippen molar-refractivity contribution in [2.24, 2.45) is 5.10 Å². The van der Waals surface area contributed by atoms with Crippen molar-refractivity contribution < 1.29 is 9.59 Å². The molecule has 6 heteroatoms. The van der Waals surface area contributed by atoms with Gasteiger partial charge in [-0.2, -0.15) is 5.10 Å². The summed E-state index contributed by atoms with van der Waals surface area (Å²) in [5.41, 5.74) is 4.10. The van der Waals surface area contributed by atoms with E-state index in [2.05, 4.69) is 15.8 Å². The Kier molecular flexibility index (Phi) is 6.69. The van der Waals surface area contributed by atoms with Gasteiger partial charge in [0.2, 0.25) is 11.8 Å². The van der Waals surface area contributed by atoms with Crippen molar-refractivity contribution in [3.05, 3.63) is 58.3 Å². The van der Waals surface area contributed by atoms with Gasteiger partial charge in [-0.05, 0) is 30.9 Å². The summed E-state index contributed by atoms with van der Waals surface area (Å²) in [7, 11) is 0.